The minimum Gasteiger partial charge on any atom is -0.394 e. The third-order valence-corrected chi connectivity index (χ3v) is 10.0. The van der Waals surface area contributed by atoms with Gasteiger partial charge in [0.25, 0.3) is 0 Å². The molecule has 0 aliphatic heterocycles. The highest BCUT2D eigenvalue weighted by Crippen LogP contribution is 2.16. The van der Waals surface area contributed by atoms with Crippen LogP contribution in [0.25, 0.3) is 0 Å². The fourth-order valence-corrected chi connectivity index (χ4v) is 6.71. The predicted octanol–water partition coefficient (Wildman–Crippen LogP) is 13.1. The molecule has 0 aromatic carbocycles. The molecule has 3 N–H and O–H groups in total. The number of aliphatic hydroxyl groups is 2. The zero-order valence-corrected chi connectivity index (χ0v) is 32.1. The summed E-state index contributed by atoms with van der Waals surface area (Å²) in [5, 5.41) is 22.9. The molecule has 1 amide bonds. The summed E-state index contributed by atoms with van der Waals surface area (Å²) in [7, 11) is 0. The lowest BCUT2D eigenvalue weighted by molar-refractivity contribution is -0.123. The molecular formula is C43H85NO3. The summed E-state index contributed by atoms with van der Waals surface area (Å²) in [6, 6.07) is -0.615. The SMILES string of the molecule is CCCCCCCCCCCC/C=C/C(O)C(CO)NC(=O)CCCCCCCCCCCCCCCCCCCCCCCCC. The van der Waals surface area contributed by atoms with Gasteiger partial charge in [0.2, 0.25) is 5.91 Å². The molecule has 4 nitrogen and oxygen atoms in total. The lowest BCUT2D eigenvalue weighted by atomic mass is 10.0. The molecule has 2 atom stereocenters. The summed E-state index contributed by atoms with van der Waals surface area (Å²) < 4.78 is 0. The smallest absolute Gasteiger partial charge is 0.220 e. The van der Waals surface area contributed by atoms with E-state index in [2.05, 4.69) is 19.2 Å². The van der Waals surface area contributed by atoms with Crippen LogP contribution in [0.5, 0.6) is 0 Å². The summed E-state index contributed by atoms with van der Waals surface area (Å²) in [6.07, 6.45) is 48.9. The maximum Gasteiger partial charge on any atom is 0.220 e. The first-order valence-electron chi connectivity index (χ1n) is 21.4. The largest absolute Gasteiger partial charge is 0.394 e. The zero-order valence-electron chi connectivity index (χ0n) is 32.1. The first-order chi connectivity index (χ1) is 23.2. The van der Waals surface area contributed by atoms with E-state index < -0.39 is 12.1 Å². The van der Waals surface area contributed by atoms with Gasteiger partial charge in [-0.1, -0.05) is 225 Å². The molecule has 0 fully saturated rings. The second-order valence-electron chi connectivity index (χ2n) is 14.8. The number of amides is 1. The Morgan fingerprint density at radius 3 is 1.11 bits per heavy atom. The van der Waals surface area contributed by atoms with Gasteiger partial charge in [-0.25, -0.2) is 0 Å². The summed E-state index contributed by atoms with van der Waals surface area (Å²) in [5.74, 6) is -0.0605. The van der Waals surface area contributed by atoms with Crippen LogP contribution in [0, 0.1) is 0 Å². The quantitative estimate of drug-likeness (QED) is 0.0453. The van der Waals surface area contributed by atoms with E-state index in [0.717, 1.165) is 25.7 Å². The maximum atomic E-state index is 12.4. The number of nitrogens with one attached hydrogen (secondary N) is 1. The molecule has 0 aromatic heterocycles. The molecule has 2 unspecified atom stereocenters. The molecule has 4 heteroatoms. The summed E-state index contributed by atoms with van der Waals surface area (Å²) >= 11 is 0. The Kier molecular flexibility index (Phi) is 38.8. The van der Waals surface area contributed by atoms with E-state index >= 15 is 0 Å². The third kappa shape index (κ3) is 36.2. The van der Waals surface area contributed by atoms with Crippen LogP contribution in [0.2, 0.25) is 0 Å². The molecule has 0 saturated heterocycles. The van der Waals surface area contributed by atoms with Gasteiger partial charge in [-0.05, 0) is 19.3 Å². The normalized spacial score (nSPS) is 13.0. The molecule has 0 spiro atoms. The van der Waals surface area contributed by atoms with E-state index in [-0.39, 0.29) is 12.5 Å². The highest BCUT2D eigenvalue weighted by molar-refractivity contribution is 5.76. The molecule has 0 aliphatic rings. The van der Waals surface area contributed by atoms with Crippen molar-refractivity contribution in [2.45, 2.75) is 251 Å². The molecule has 0 rings (SSSR count). The zero-order chi connectivity index (χ0) is 34.3. The number of rotatable bonds is 39. The van der Waals surface area contributed by atoms with Crippen molar-refractivity contribution in [2.75, 3.05) is 6.61 Å². The van der Waals surface area contributed by atoms with E-state index in [9.17, 15) is 15.0 Å². The van der Waals surface area contributed by atoms with Crippen molar-refractivity contribution in [2.24, 2.45) is 0 Å². The standard InChI is InChI=1S/C43H85NO3/c1-3-5-7-9-11-13-15-17-18-19-20-21-22-23-24-25-26-27-29-31-33-35-37-39-43(47)44-41(40-45)42(46)38-36-34-32-30-28-16-14-12-10-8-6-4-2/h36,38,41-42,45-46H,3-35,37,39-40H2,1-2H3,(H,44,47)/b38-36+. The van der Waals surface area contributed by atoms with Gasteiger partial charge in [0, 0.05) is 6.42 Å². The summed E-state index contributed by atoms with van der Waals surface area (Å²) in [5.41, 5.74) is 0. The van der Waals surface area contributed by atoms with Gasteiger partial charge >= 0.3 is 0 Å². The van der Waals surface area contributed by atoms with Gasteiger partial charge in [-0.3, -0.25) is 4.79 Å². The van der Waals surface area contributed by atoms with Gasteiger partial charge < -0.3 is 15.5 Å². The number of aliphatic hydroxyl groups excluding tert-OH is 2. The Bertz CT molecular complexity index is 637. The Labute approximate surface area is 295 Å². The lowest BCUT2D eigenvalue weighted by Gasteiger charge is -2.20. The van der Waals surface area contributed by atoms with Crippen LogP contribution in [0.4, 0.5) is 0 Å². The predicted molar refractivity (Wildman–Crippen MR) is 207 cm³/mol. The van der Waals surface area contributed by atoms with Crippen molar-refractivity contribution in [1.82, 2.24) is 5.32 Å². The number of carbonyl (C=O) groups excluding carboxylic acids is 1. The lowest BCUT2D eigenvalue weighted by Crippen LogP contribution is -2.45. The molecule has 0 aromatic rings. The molecule has 0 bridgehead atoms. The Morgan fingerprint density at radius 1 is 0.489 bits per heavy atom. The fourth-order valence-electron chi connectivity index (χ4n) is 6.71. The monoisotopic (exact) mass is 664 g/mol. The fraction of sp³-hybridized carbons (Fsp3) is 0.930. The van der Waals surface area contributed by atoms with Crippen molar-refractivity contribution in [1.29, 1.82) is 0 Å². The van der Waals surface area contributed by atoms with Crippen molar-refractivity contribution in [3.05, 3.63) is 12.2 Å². The van der Waals surface area contributed by atoms with Crippen LogP contribution >= 0.6 is 0 Å². The topological polar surface area (TPSA) is 69.6 Å². The number of hydrogen-bond acceptors (Lipinski definition) is 3. The minimum absolute atomic E-state index is 0.0605. The van der Waals surface area contributed by atoms with Gasteiger partial charge in [0.05, 0.1) is 18.8 Å². The Morgan fingerprint density at radius 2 is 0.787 bits per heavy atom. The first-order valence-corrected chi connectivity index (χ1v) is 21.4. The van der Waals surface area contributed by atoms with Crippen LogP contribution in [-0.4, -0.2) is 34.9 Å². The molecule has 0 aliphatic carbocycles. The maximum absolute atomic E-state index is 12.4. The number of hydrogen-bond donors (Lipinski definition) is 3. The van der Waals surface area contributed by atoms with Crippen LogP contribution in [0.15, 0.2) is 12.2 Å². The highest BCUT2D eigenvalue weighted by Gasteiger charge is 2.17. The van der Waals surface area contributed by atoms with Crippen molar-refractivity contribution in [3.8, 4) is 0 Å². The van der Waals surface area contributed by atoms with Crippen LogP contribution < -0.4 is 5.32 Å². The van der Waals surface area contributed by atoms with E-state index in [1.54, 1.807) is 6.08 Å². The van der Waals surface area contributed by atoms with Gasteiger partial charge in [0.1, 0.15) is 0 Å². The number of allylic oxidation sites excluding steroid dienone is 1. The highest BCUT2D eigenvalue weighted by atomic mass is 16.3. The Balaban J connectivity index is 3.48. The van der Waals surface area contributed by atoms with E-state index in [1.807, 2.05) is 6.08 Å². The van der Waals surface area contributed by atoms with Crippen LogP contribution in [0.3, 0.4) is 0 Å². The Hall–Kier alpha value is -0.870. The molecule has 0 heterocycles. The first kappa shape index (κ1) is 46.1. The minimum atomic E-state index is -0.832. The van der Waals surface area contributed by atoms with Crippen molar-refractivity contribution < 1.29 is 15.0 Å². The van der Waals surface area contributed by atoms with E-state index in [4.69, 9.17) is 0 Å². The second-order valence-corrected chi connectivity index (χ2v) is 14.8. The molecule has 280 valence electrons. The molecular weight excluding hydrogens is 578 g/mol. The van der Waals surface area contributed by atoms with E-state index in [0.29, 0.717) is 6.42 Å². The number of unbranched alkanes of at least 4 members (excludes halogenated alkanes) is 32. The van der Waals surface area contributed by atoms with Crippen molar-refractivity contribution >= 4 is 5.91 Å². The van der Waals surface area contributed by atoms with Gasteiger partial charge in [-0.2, -0.15) is 0 Å². The third-order valence-electron chi connectivity index (χ3n) is 10.0. The van der Waals surface area contributed by atoms with Gasteiger partial charge in [-0.15, -0.1) is 0 Å². The van der Waals surface area contributed by atoms with Crippen LogP contribution in [0.1, 0.15) is 239 Å². The van der Waals surface area contributed by atoms with Crippen LogP contribution in [-0.2, 0) is 4.79 Å². The molecule has 0 saturated carbocycles. The van der Waals surface area contributed by atoms with Gasteiger partial charge in [0.15, 0.2) is 0 Å². The average molecular weight is 664 g/mol. The average Bonchev–Trinajstić information content (AvgIpc) is 3.07. The number of carbonyl (C=O) groups is 1. The summed E-state index contributed by atoms with van der Waals surface area (Å²) in [4.78, 5) is 12.4. The molecule has 0 radical (unpaired) electrons. The molecule has 47 heavy (non-hydrogen) atoms. The van der Waals surface area contributed by atoms with Crippen molar-refractivity contribution in [3.63, 3.8) is 0 Å². The van der Waals surface area contributed by atoms with E-state index in [1.165, 1.54) is 193 Å². The summed E-state index contributed by atoms with van der Waals surface area (Å²) in [6.45, 7) is 4.31. The second kappa shape index (κ2) is 39.6.